The lowest BCUT2D eigenvalue weighted by atomic mass is 9.86. The predicted molar refractivity (Wildman–Crippen MR) is 97.3 cm³/mol. The first kappa shape index (κ1) is 18.1. The molecule has 4 heteroatoms. The molecule has 2 atom stereocenters. The predicted octanol–water partition coefficient (Wildman–Crippen LogP) is 3.97. The first-order valence-corrected chi connectivity index (χ1v) is 8.54. The molecule has 2 unspecified atom stereocenters. The zero-order valence-electron chi connectivity index (χ0n) is 14.6. The van der Waals surface area contributed by atoms with Crippen LogP contribution >= 0.6 is 0 Å². The second kappa shape index (κ2) is 9.16. The van der Waals surface area contributed by atoms with Crippen LogP contribution in [0.25, 0.3) is 6.08 Å². The highest BCUT2D eigenvalue weighted by Crippen LogP contribution is 2.28. The lowest BCUT2D eigenvalue weighted by Crippen LogP contribution is -2.40. The van der Waals surface area contributed by atoms with E-state index < -0.39 is 0 Å². The summed E-state index contributed by atoms with van der Waals surface area (Å²) in [6.45, 7) is 6.26. The highest BCUT2D eigenvalue weighted by molar-refractivity contribution is 5.92. The molecule has 0 bridgehead atoms. The zero-order chi connectivity index (χ0) is 17.4. The zero-order valence-corrected chi connectivity index (χ0v) is 14.6. The maximum Gasteiger partial charge on any atom is 0.244 e. The number of amides is 1. The molecule has 24 heavy (non-hydrogen) atoms. The van der Waals surface area contributed by atoms with Crippen LogP contribution in [-0.4, -0.2) is 25.7 Å². The molecule has 2 rings (SSSR count). The molecule has 1 aliphatic carbocycles. The summed E-state index contributed by atoms with van der Waals surface area (Å²) in [5, 5.41) is 3.11. The van der Waals surface area contributed by atoms with E-state index in [-0.39, 0.29) is 5.91 Å². The van der Waals surface area contributed by atoms with Crippen molar-refractivity contribution in [1.29, 1.82) is 0 Å². The fourth-order valence-corrected chi connectivity index (χ4v) is 2.99. The topological polar surface area (TPSA) is 47.6 Å². The second-order valence-electron chi connectivity index (χ2n) is 6.22. The number of methoxy groups -OCH3 is 1. The Morgan fingerprint density at radius 1 is 1.33 bits per heavy atom. The van der Waals surface area contributed by atoms with Gasteiger partial charge in [-0.2, -0.15) is 0 Å². The van der Waals surface area contributed by atoms with Gasteiger partial charge in [-0.3, -0.25) is 4.79 Å². The fraction of sp³-hybridized carbons (Fsp3) is 0.450. The molecule has 1 amide bonds. The summed E-state index contributed by atoms with van der Waals surface area (Å²) in [5.41, 5.74) is 0.893. The van der Waals surface area contributed by atoms with E-state index in [1.807, 2.05) is 18.2 Å². The standard InChI is InChI=1S/C20H27NO3/c1-4-13-24-18-11-9-16(14-19(18)23-3)10-12-20(22)21-17-8-6-5-7-15(17)2/h4,9-12,14-15,17H,1,5-8,13H2,2-3H3,(H,21,22)/b12-10+. The average molecular weight is 329 g/mol. The van der Waals surface area contributed by atoms with E-state index in [1.165, 1.54) is 19.3 Å². The van der Waals surface area contributed by atoms with Crippen LogP contribution < -0.4 is 14.8 Å². The fourth-order valence-electron chi connectivity index (χ4n) is 2.99. The number of ether oxygens (including phenoxy) is 2. The molecule has 0 heterocycles. The number of carbonyl (C=O) groups excluding carboxylic acids is 1. The number of hydrogen-bond donors (Lipinski definition) is 1. The van der Waals surface area contributed by atoms with E-state index in [4.69, 9.17) is 9.47 Å². The Bertz CT molecular complexity index is 595. The molecule has 130 valence electrons. The molecule has 0 radical (unpaired) electrons. The maximum atomic E-state index is 12.1. The molecule has 1 aromatic rings. The highest BCUT2D eigenvalue weighted by atomic mass is 16.5. The molecular weight excluding hydrogens is 302 g/mol. The molecular formula is C20H27NO3. The van der Waals surface area contributed by atoms with Gasteiger partial charge in [-0.1, -0.05) is 38.5 Å². The van der Waals surface area contributed by atoms with Crippen molar-refractivity contribution in [3.63, 3.8) is 0 Å². The summed E-state index contributed by atoms with van der Waals surface area (Å²) >= 11 is 0. The number of hydrogen-bond acceptors (Lipinski definition) is 3. The first-order chi connectivity index (χ1) is 11.6. The lowest BCUT2D eigenvalue weighted by molar-refractivity contribution is -0.117. The van der Waals surface area contributed by atoms with Crippen molar-refractivity contribution in [3.05, 3.63) is 42.5 Å². The van der Waals surface area contributed by atoms with Crippen LogP contribution in [0.1, 0.15) is 38.2 Å². The van der Waals surface area contributed by atoms with Crippen LogP contribution in [0.4, 0.5) is 0 Å². The van der Waals surface area contributed by atoms with Gasteiger partial charge in [0.05, 0.1) is 7.11 Å². The lowest BCUT2D eigenvalue weighted by Gasteiger charge is -2.29. The monoisotopic (exact) mass is 329 g/mol. The SMILES string of the molecule is C=CCOc1ccc(/C=C/C(=O)NC2CCCCC2C)cc1OC. The van der Waals surface area contributed by atoms with Gasteiger partial charge in [0.2, 0.25) is 5.91 Å². The van der Waals surface area contributed by atoms with Gasteiger partial charge in [0.1, 0.15) is 6.61 Å². The first-order valence-electron chi connectivity index (χ1n) is 8.54. The van der Waals surface area contributed by atoms with Gasteiger partial charge in [-0.05, 0) is 42.5 Å². The molecule has 0 aliphatic heterocycles. The smallest absolute Gasteiger partial charge is 0.244 e. The van der Waals surface area contributed by atoms with Crippen LogP contribution in [0.5, 0.6) is 11.5 Å². The van der Waals surface area contributed by atoms with E-state index >= 15 is 0 Å². The van der Waals surface area contributed by atoms with Crippen molar-refractivity contribution in [3.8, 4) is 11.5 Å². The average Bonchev–Trinajstić information content (AvgIpc) is 2.60. The van der Waals surface area contributed by atoms with Crippen molar-refractivity contribution >= 4 is 12.0 Å². The number of rotatable bonds is 7. The van der Waals surface area contributed by atoms with Crippen molar-refractivity contribution in [1.82, 2.24) is 5.32 Å². The van der Waals surface area contributed by atoms with Crippen molar-refractivity contribution in [2.45, 2.75) is 38.6 Å². The summed E-state index contributed by atoms with van der Waals surface area (Å²) < 4.78 is 10.9. The largest absolute Gasteiger partial charge is 0.493 e. The minimum Gasteiger partial charge on any atom is -0.493 e. The second-order valence-corrected chi connectivity index (χ2v) is 6.22. The molecule has 1 fully saturated rings. The van der Waals surface area contributed by atoms with Crippen LogP contribution in [0.2, 0.25) is 0 Å². The van der Waals surface area contributed by atoms with Gasteiger partial charge >= 0.3 is 0 Å². The molecule has 1 saturated carbocycles. The molecule has 1 N–H and O–H groups in total. The van der Waals surface area contributed by atoms with E-state index in [9.17, 15) is 4.79 Å². The van der Waals surface area contributed by atoms with Gasteiger partial charge in [0, 0.05) is 12.1 Å². The summed E-state index contributed by atoms with van der Waals surface area (Å²) in [5.74, 6) is 1.81. The van der Waals surface area contributed by atoms with Crippen LogP contribution in [-0.2, 0) is 4.79 Å². The summed E-state index contributed by atoms with van der Waals surface area (Å²) in [6, 6.07) is 5.88. The Balaban J connectivity index is 1.97. The van der Waals surface area contributed by atoms with Crippen LogP contribution in [0.3, 0.4) is 0 Å². The van der Waals surface area contributed by atoms with Crippen molar-refractivity contribution < 1.29 is 14.3 Å². The minimum absolute atomic E-state index is 0.0419. The third-order valence-electron chi connectivity index (χ3n) is 4.41. The van der Waals surface area contributed by atoms with Crippen LogP contribution in [0, 0.1) is 5.92 Å². The van der Waals surface area contributed by atoms with Crippen LogP contribution in [0.15, 0.2) is 36.9 Å². The third kappa shape index (κ3) is 5.15. The number of benzene rings is 1. The van der Waals surface area contributed by atoms with E-state index in [0.717, 1.165) is 12.0 Å². The van der Waals surface area contributed by atoms with Crippen molar-refractivity contribution in [2.75, 3.05) is 13.7 Å². The molecule has 1 aromatic carbocycles. The number of nitrogens with one attached hydrogen (secondary N) is 1. The van der Waals surface area contributed by atoms with E-state index in [2.05, 4.69) is 18.8 Å². The Morgan fingerprint density at radius 3 is 2.83 bits per heavy atom. The summed E-state index contributed by atoms with van der Waals surface area (Å²) in [4.78, 5) is 12.1. The Labute approximate surface area is 144 Å². The molecule has 4 nitrogen and oxygen atoms in total. The Morgan fingerprint density at radius 2 is 2.12 bits per heavy atom. The van der Waals surface area contributed by atoms with E-state index in [1.54, 1.807) is 25.3 Å². The van der Waals surface area contributed by atoms with Gasteiger partial charge in [0.15, 0.2) is 11.5 Å². The summed E-state index contributed by atoms with van der Waals surface area (Å²) in [7, 11) is 1.60. The quantitative estimate of drug-likeness (QED) is 0.608. The maximum absolute atomic E-state index is 12.1. The van der Waals surface area contributed by atoms with E-state index in [0.29, 0.717) is 30.1 Å². The highest BCUT2D eigenvalue weighted by Gasteiger charge is 2.21. The molecule has 0 saturated heterocycles. The van der Waals surface area contributed by atoms with Gasteiger partial charge < -0.3 is 14.8 Å². The Kier molecular flexibility index (Phi) is 6.91. The van der Waals surface area contributed by atoms with Gasteiger partial charge in [-0.15, -0.1) is 0 Å². The summed E-state index contributed by atoms with van der Waals surface area (Å²) in [6.07, 6.45) is 9.79. The normalized spacial score (nSPS) is 20.6. The minimum atomic E-state index is -0.0419. The number of carbonyl (C=O) groups is 1. The van der Waals surface area contributed by atoms with Gasteiger partial charge in [-0.25, -0.2) is 0 Å². The third-order valence-corrected chi connectivity index (χ3v) is 4.41. The molecule has 0 spiro atoms. The molecule has 0 aromatic heterocycles. The van der Waals surface area contributed by atoms with Gasteiger partial charge in [0.25, 0.3) is 0 Å². The van der Waals surface area contributed by atoms with Crippen molar-refractivity contribution in [2.24, 2.45) is 5.92 Å². The molecule has 1 aliphatic rings. The Hall–Kier alpha value is -2.23.